The highest BCUT2D eigenvalue weighted by molar-refractivity contribution is 7.46. The van der Waals surface area contributed by atoms with Gasteiger partial charge in [0.15, 0.2) is 0 Å². The predicted octanol–water partition coefficient (Wildman–Crippen LogP) is 1.40. The van der Waals surface area contributed by atoms with Crippen LogP contribution in [0.15, 0.2) is 0 Å². The topological polar surface area (TPSA) is 66.8 Å². The van der Waals surface area contributed by atoms with E-state index < -0.39 is 7.82 Å². The zero-order valence-electron chi connectivity index (χ0n) is 8.27. The molecule has 0 bridgehead atoms. The van der Waals surface area contributed by atoms with Gasteiger partial charge >= 0.3 is 30.9 Å². The van der Waals surface area contributed by atoms with Crippen molar-refractivity contribution in [2.75, 3.05) is 6.61 Å². The van der Waals surface area contributed by atoms with E-state index in [0.717, 1.165) is 25.7 Å². The summed E-state index contributed by atoms with van der Waals surface area (Å²) in [5, 5.41) is 0. The lowest BCUT2D eigenvalue weighted by molar-refractivity contribution is 0.161. The second-order valence-electron chi connectivity index (χ2n) is 3.20. The quantitative estimate of drug-likeness (QED) is 0.518. The summed E-state index contributed by atoms with van der Waals surface area (Å²) in [7, 11) is -4.26. The number of rotatable bonds is 7. The second kappa shape index (κ2) is 9.13. The summed E-state index contributed by atoms with van der Waals surface area (Å²) in [5.41, 5.74) is 0. The van der Waals surface area contributed by atoms with E-state index in [4.69, 9.17) is 9.79 Å². The van der Waals surface area contributed by atoms with Crippen molar-refractivity contribution in [3.8, 4) is 0 Å². The summed E-state index contributed by atoms with van der Waals surface area (Å²) in [6, 6.07) is 0. The molecule has 0 amide bonds. The second-order valence-corrected chi connectivity index (χ2v) is 4.44. The number of phosphoric acid groups is 1. The van der Waals surface area contributed by atoms with Crippen LogP contribution in [-0.2, 0) is 9.09 Å². The standard InChI is InChI=1S/C8H19O4P.Mg.2H/c1-3-5-6-8(4-2)7-12-13(9,10)11;;;/h8H,3-7H2,1-2H3,(H2,9,10,11);;;. The molecule has 0 aromatic rings. The molecule has 14 heavy (non-hydrogen) atoms. The molecule has 0 aliphatic carbocycles. The Morgan fingerprint density at radius 3 is 2.29 bits per heavy atom. The van der Waals surface area contributed by atoms with E-state index in [9.17, 15) is 4.57 Å². The molecule has 84 valence electrons. The molecule has 0 aromatic heterocycles. The Morgan fingerprint density at radius 1 is 1.36 bits per heavy atom. The molecule has 0 aromatic carbocycles. The van der Waals surface area contributed by atoms with Gasteiger partial charge in [0.25, 0.3) is 0 Å². The minimum atomic E-state index is -4.26. The first kappa shape index (κ1) is 17.3. The van der Waals surface area contributed by atoms with E-state index in [0.29, 0.717) is 0 Å². The van der Waals surface area contributed by atoms with Crippen LogP contribution in [0.3, 0.4) is 0 Å². The molecule has 6 heteroatoms. The van der Waals surface area contributed by atoms with Crippen LogP contribution in [0.25, 0.3) is 0 Å². The molecule has 0 spiro atoms. The Hall–Kier alpha value is 0.876. The molecule has 0 saturated carbocycles. The van der Waals surface area contributed by atoms with Crippen molar-refractivity contribution in [1.82, 2.24) is 0 Å². The van der Waals surface area contributed by atoms with E-state index in [-0.39, 0.29) is 35.6 Å². The van der Waals surface area contributed by atoms with Crippen LogP contribution in [0.2, 0.25) is 0 Å². The first-order chi connectivity index (χ1) is 5.99. The van der Waals surface area contributed by atoms with Gasteiger partial charge < -0.3 is 9.79 Å². The van der Waals surface area contributed by atoms with E-state index >= 15 is 0 Å². The van der Waals surface area contributed by atoms with Crippen LogP contribution in [-0.4, -0.2) is 39.4 Å². The van der Waals surface area contributed by atoms with Gasteiger partial charge in [-0.05, 0) is 12.3 Å². The summed E-state index contributed by atoms with van der Waals surface area (Å²) in [6.07, 6.45) is 4.07. The fourth-order valence-electron chi connectivity index (χ4n) is 1.10. The monoisotopic (exact) mass is 236 g/mol. The van der Waals surface area contributed by atoms with Gasteiger partial charge in [-0.15, -0.1) is 0 Å². The first-order valence-corrected chi connectivity index (χ1v) is 6.22. The van der Waals surface area contributed by atoms with Gasteiger partial charge in [0.2, 0.25) is 0 Å². The molecular formula is C8H21MgO4P. The largest absolute Gasteiger partial charge is 0.469 e. The lowest BCUT2D eigenvalue weighted by Gasteiger charge is -2.14. The van der Waals surface area contributed by atoms with Gasteiger partial charge in [-0.3, -0.25) is 4.52 Å². The maximum atomic E-state index is 10.4. The van der Waals surface area contributed by atoms with Gasteiger partial charge in [-0.1, -0.05) is 33.1 Å². The smallest absolute Gasteiger partial charge is 0.303 e. The Morgan fingerprint density at radius 2 is 1.93 bits per heavy atom. The van der Waals surface area contributed by atoms with Crippen LogP contribution in [0.4, 0.5) is 0 Å². The summed E-state index contributed by atoms with van der Waals surface area (Å²) in [4.78, 5) is 17.0. The van der Waals surface area contributed by atoms with Crippen LogP contribution in [0.1, 0.15) is 39.5 Å². The minimum Gasteiger partial charge on any atom is -0.303 e. The fourth-order valence-corrected chi connectivity index (χ4v) is 1.51. The zero-order valence-corrected chi connectivity index (χ0v) is 9.17. The average Bonchev–Trinajstić information content (AvgIpc) is 2.03. The van der Waals surface area contributed by atoms with Crippen molar-refractivity contribution in [1.29, 1.82) is 0 Å². The van der Waals surface area contributed by atoms with Crippen LogP contribution in [0.5, 0.6) is 0 Å². The minimum absolute atomic E-state index is 0. The van der Waals surface area contributed by atoms with Gasteiger partial charge in [0.1, 0.15) is 0 Å². The lowest BCUT2D eigenvalue weighted by Crippen LogP contribution is -2.07. The third-order valence-corrected chi connectivity index (χ3v) is 2.51. The van der Waals surface area contributed by atoms with Crippen LogP contribution in [0, 0.1) is 5.92 Å². The molecule has 0 fully saturated rings. The Labute approximate surface area is 102 Å². The van der Waals surface area contributed by atoms with E-state index in [1.165, 1.54) is 0 Å². The van der Waals surface area contributed by atoms with Gasteiger partial charge in [0.05, 0.1) is 6.61 Å². The van der Waals surface area contributed by atoms with Crippen LogP contribution >= 0.6 is 7.82 Å². The van der Waals surface area contributed by atoms with Crippen molar-refractivity contribution in [2.45, 2.75) is 39.5 Å². The summed E-state index contributed by atoms with van der Waals surface area (Å²) < 4.78 is 14.8. The lowest BCUT2D eigenvalue weighted by atomic mass is 10.0. The van der Waals surface area contributed by atoms with Gasteiger partial charge in [-0.25, -0.2) is 4.57 Å². The maximum Gasteiger partial charge on any atom is 0.469 e. The van der Waals surface area contributed by atoms with Gasteiger partial charge in [-0.2, -0.15) is 0 Å². The molecule has 0 radical (unpaired) electrons. The highest BCUT2D eigenvalue weighted by Crippen LogP contribution is 2.36. The molecule has 0 rings (SSSR count). The molecule has 0 aliphatic rings. The Kier molecular flexibility index (Phi) is 11.3. The zero-order chi connectivity index (χ0) is 10.3. The van der Waals surface area contributed by atoms with Crippen molar-refractivity contribution < 1.29 is 18.9 Å². The predicted molar refractivity (Wildman–Crippen MR) is 59.8 cm³/mol. The highest BCUT2D eigenvalue weighted by atomic mass is 31.2. The van der Waals surface area contributed by atoms with Crippen molar-refractivity contribution in [3.63, 3.8) is 0 Å². The SMILES string of the molecule is CCCCC(CC)COP(=O)(O)O.[MgH2]. The van der Waals surface area contributed by atoms with Crippen molar-refractivity contribution in [3.05, 3.63) is 0 Å². The fraction of sp³-hybridized carbons (Fsp3) is 1.00. The normalized spacial score (nSPS) is 13.4. The molecular weight excluding hydrogens is 215 g/mol. The maximum absolute atomic E-state index is 10.4. The molecule has 2 N–H and O–H groups in total. The number of phosphoric ester groups is 1. The highest BCUT2D eigenvalue weighted by Gasteiger charge is 2.16. The van der Waals surface area contributed by atoms with E-state index in [1.54, 1.807) is 0 Å². The third-order valence-electron chi connectivity index (χ3n) is 2.02. The molecule has 0 aliphatic heterocycles. The number of hydrogen-bond donors (Lipinski definition) is 2. The Bertz CT molecular complexity index is 171. The van der Waals surface area contributed by atoms with Crippen molar-refractivity contribution >= 4 is 30.9 Å². The van der Waals surface area contributed by atoms with E-state index in [1.807, 2.05) is 6.92 Å². The summed E-state index contributed by atoms with van der Waals surface area (Å²) in [6.45, 7) is 4.26. The molecule has 0 saturated heterocycles. The number of hydrogen-bond acceptors (Lipinski definition) is 2. The van der Waals surface area contributed by atoms with Gasteiger partial charge in [0, 0.05) is 0 Å². The van der Waals surface area contributed by atoms with E-state index in [2.05, 4.69) is 11.4 Å². The Balaban J connectivity index is 0. The average molecular weight is 237 g/mol. The van der Waals surface area contributed by atoms with Crippen molar-refractivity contribution in [2.24, 2.45) is 5.92 Å². The van der Waals surface area contributed by atoms with Crippen LogP contribution < -0.4 is 0 Å². The molecule has 0 heterocycles. The molecule has 1 unspecified atom stereocenters. The summed E-state index contributed by atoms with van der Waals surface area (Å²) in [5.74, 6) is 0.271. The molecule has 1 atom stereocenters. The molecule has 4 nitrogen and oxygen atoms in total. The summed E-state index contributed by atoms with van der Waals surface area (Å²) >= 11 is 0. The number of unbranched alkanes of at least 4 members (excludes halogenated alkanes) is 1. The first-order valence-electron chi connectivity index (χ1n) is 4.69. The third kappa shape index (κ3) is 11.0.